The van der Waals surface area contributed by atoms with Gasteiger partial charge in [-0.25, -0.2) is 0 Å². The van der Waals surface area contributed by atoms with Crippen LogP contribution in [0.3, 0.4) is 0 Å². The van der Waals surface area contributed by atoms with Crippen molar-refractivity contribution in [1.82, 2.24) is 0 Å². The fraction of sp³-hybridized carbons (Fsp3) is 0.143. The number of halogens is 1. The first kappa shape index (κ1) is 12.5. The minimum Gasteiger partial charge on any atom is -0.398 e. The van der Waals surface area contributed by atoms with Crippen molar-refractivity contribution in [2.75, 3.05) is 5.73 Å². The first-order valence-corrected chi connectivity index (χ1v) is 7.12. The number of benzene rings is 2. The van der Waals surface area contributed by atoms with E-state index < -0.39 is 0 Å². The van der Waals surface area contributed by atoms with E-state index in [1.807, 2.05) is 18.2 Å². The summed E-state index contributed by atoms with van der Waals surface area (Å²) in [6.45, 7) is 2.12. The van der Waals surface area contributed by atoms with Gasteiger partial charge in [0.15, 0.2) is 0 Å². The average molecular weight is 308 g/mol. The van der Waals surface area contributed by atoms with Crippen LogP contribution in [0.2, 0.25) is 0 Å². The molecule has 2 rings (SSSR count). The minimum absolute atomic E-state index is 0.884. The molecule has 0 saturated carbocycles. The molecule has 2 aromatic carbocycles. The van der Waals surface area contributed by atoms with E-state index in [0.29, 0.717) is 0 Å². The molecule has 0 saturated heterocycles. The molecule has 0 radical (unpaired) electrons. The topological polar surface area (TPSA) is 26.0 Å². The summed E-state index contributed by atoms with van der Waals surface area (Å²) in [4.78, 5) is 2.40. The molecule has 0 aliphatic carbocycles. The lowest BCUT2D eigenvalue weighted by Gasteiger charge is -2.06. The Bertz CT molecular complexity index is 508. The van der Waals surface area contributed by atoms with Crippen LogP contribution in [0.4, 0.5) is 5.69 Å². The van der Waals surface area contributed by atoms with Crippen LogP contribution in [-0.4, -0.2) is 0 Å². The molecule has 0 amide bonds. The van der Waals surface area contributed by atoms with E-state index in [4.69, 9.17) is 5.73 Å². The molecule has 2 aromatic rings. The number of aryl methyl sites for hydroxylation is 1. The Kier molecular flexibility index (Phi) is 4.13. The smallest absolute Gasteiger partial charge is 0.0357 e. The van der Waals surface area contributed by atoms with E-state index in [2.05, 4.69) is 47.1 Å². The number of hydrogen-bond acceptors (Lipinski definition) is 2. The van der Waals surface area contributed by atoms with E-state index in [0.717, 1.165) is 16.6 Å². The molecular weight excluding hydrogens is 294 g/mol. The maximum Gasteiger partial charge on any atom is 0.0357 e. The Balaban J connectivity index is 2.19. The van der Waals surface area contributed by atoms with Crippen molar-refractivity contribution in [3.05, 3.63) is 52.5 Å². The molecule has 0 bridgehead atoms. The molecular formula is C14H14BrNS. The molecule has 1 nitrogen and oxygen atoms in total. The highest BCUT2D eigenvalue weighted by Gasteiger charge is 2.01. The lowest BCUT2D eigenvalue weighted by molar-refractivity contribution is 1.14. The number of anilines is 1. The third-order valence-electron chi connectivity index (χ3n) is 2.55. The second-order valence-electron chi connectivity index (χ2n) is 3.77. The van der Waals surface area contributed by atoms with Crippen molar-refractivity contribution in [1.29, 1.82) is 0 Å². The van der Waals surface area contributed by atoms with Gasteiger partial charge in [-0.15, -0.1) is 0 Å². The Labute approximate surface area is 115 Å². The molecule has 88 valence electrons. The molecule has 0 heterocycles. The van der Waals surface area contributed by atoms with Crippen molar-refractivity contribution in [3.8, 4) is 0 Å². The molecule has 2 N–H and O–H groups in total. The third kappa shape index (κ3) is 3.27. The van der Waals surface area contributed by atoms with Gasteiger partial charge in [-0.1, -0.05) is 40.7 Å². The number of hydrogen-bond donors (Lipinski definition) is 1. The fourth-order valence-corrected chi connectivity index (χ4v) is 2.73. The van der Waals surface area contributed by atoms with Gasteiger partial charge in [0.05, 0.1) is 0 Å². The van der Waals surface area contributed by atoms with E-state index >= 15 is 0 Å². The summed E-state index contributed by atoms with van der Waals surface area (Å²) in [5.74, 6) is 0. The summed E-state index contributed by atoms with van der Waals surface area (Å²) in [5.41, 5.74) is 8.09. The van der Waals surface area contributed by atoms with Crippen LogP contribution >= 0.6 is 27.7 Å². The Morgan fingerprint density at radius 3 is 2.29 bits per heavy atom. The van der Waals surface area contributed by atoms with Crippen molar-refractivity contribution in [3.63, 3.8) is 0 Å². The van der Waals surface area contributed by atoms with Crippen molar-refractivity contribution in [2.45, 2.75) is 23.1 Å². The standard InChI is InChI=1S/C14H14BrNS/c1-2-10-3-6-13(9-14(10)16)17-12-7-4-11(15)5-8-12/h3-9H,2,16H2,1H3. The van der Waals surface area contributed by atoms with Gasteiger partial charge in [0.2, 0.25) is 0 Å². The van der Waals surface area contributed by atoms with Crippen LogP contribution in [0, 0.1) is 0 Å². The average Bonchev–Trinajstić information content (AvgIpc) is 2.32. The highest BCUT2D eigenvalue weighted by atomic mass is 79.9. The van der Waals surface area contributed by atoms with Crippen LogP contribution in [0.1, 0.15) is 12.5 Å². The van der Waals surface area contributed by atoms with Crippen LogP contribution < -0.4 is 5.73 Å². The third-order valence-corrected chi connectivity index (χ3v) is 4.07. The Morgan fingerprint density at radius 1 is 1.06 bits per heavy atom. The summed E-state index contributed by atoms with van der Waals surface area (Å²) in [5, 5.41) is 0. The van der Waals surface area contributed by atoms with Crippen LogP contribution in [-0.2, 0) is 6.42 Å². The quantitative estimate of drug-likeness (QED) is 0.828. The summed E-state index contributed by atoms with van der Waals surface area (Å²) < 4.78 is 1.10. The minimum atomic E-state index is 0.884. The highest BCUT2D eigenvalue weighted by molar-refractivity contribution is 9.10. The maximum atomic E-state index is 5.99. The zero-order valence-corrected chi connectivity index (χ0v) is 12.0. The van der Waals surface area contributed by atoms with Gasteiger partial charge in [-0.3, -0.25) is 0 Å². The highest BCUT2D eigenvalue weighted by Crippen LogP contribution is 2.30. The first-order chi connectivity index (χ1) is 8.19. The van der Waals surface area contributed by atoms with Crippen molar-refractivity contribution < 1.29 is 0 Å². The molecule has 3 heteroatoms. The molecule has 0 aliphatic heterocycles. The Morgan fingerprint density at radius 2 is 1.71 bits per heavy atom. The predicted octanol–water partition coefficient (Wildman–Crippen LogP) is 4.74. The molecule has 0 unspecified atom stereocenters. The van der Waals surface area contributed by atoms with E-state index in [1.165, 1.54) is 15.4 Å². The lowest BCUT2D eigenvalue weighted by atomic mass is 10.1. The summed E-state index contributed by atoms with van der Waals surface area (Å²) in [6.07, 6.45) is 0.981. The monoisotopic (exact) mass is 307 g/mol. The summed E-state index contributed by atoms with van der Waals surface area (Å²) in [6, 6.07) is 14.6. The largest absolute Gasteiger partial charge is 0.398 e. The number of rotatable bonds is 3. The van der Waals surface area contributed by atoms with Gasteiger partial charge in [0, 0.05) is 20.0 Å². The van der Waals surface area contributed by atoms with Crippen LogP contribution in [0.15, 0.2) is 56.7 Å². The second kappa shape index (κ2) is 5.61. The van der Waals surface area contributed by atoms with E-state index in [9.17, 15) is 0 Å². The molecule has 0 fully saturated rings. The van der Waals surface area contributed by atoms with E-state index in [-0.39, 0.29) is 0 Å². The van der Waals surface area contributed by atoms with Crippen LogP contribution in [0.25, 0.3) is 0 Å². The predicted molar refractivity (Wildman–Crippen MR) is 78.5 cm³/mol. The zero-order valence-electron chi connectivity index (χ0n) is 9.61. The maximum absolute atomic E-state index is 5.99. The molecule has 0 aromatic heterocycles. The first-order valence-electron chi connectivity index (χ1n) is 5.51. The normalized spacial score (nSPS) is 10.5. The number of nitrogen functional groups attached to an aromatic ring is 1. The Hall–Kier alpha value is -0.930. The molecule has 0 aliphatic rings. The summed E-state index contributed by atoms with van der Waals surface area (Å²) in [7, 11) is 0. The molecule has 17 heavy (non-hydrogen) atoms. The fourth-order valence-electron chi connectivity index (χ4n) is 1.60. The van der Waals surface area contributed by atoms with Gasteiger partial charge in [0.1, 0.15) is 0 Å². The van der Waals surface area contributed by atoms with E-state index in [1.54, 1.807) is 11.8 Å². The van der Waals surface area contributed by atoms with Gasteiger partial charge in [-0.05, 0) is 48.4 Å². The zero-order chi connectivity index (χ0) is 12.3. The van der Waals surface area contributed by atoms with Gasteiger partial charge in [0.25, 0.3) is 0 Å². The number of nitrogens with two attached hydrogens (primary N) is 1. The van der Waals surface area contributed by atoms with Gasteiger partial charge < -0.3 is 5.73 Å². The van der Waals surface area contributed by atoms with Crippen LogP contribution in [0.5, 0.6) is 0 Å². The SMILES string of the molecule is CCc1ccc(Sc2ccc(Br)cc2)cc1N. The molecule has 0 spiro atoms. The second-order valence-corrected chi connectivity index (χ2v) is 5.83. The molecule has 0 atom stereocenters. The lowest BCUT2D eigenvalue weighted by Crippen LogP contribution is -1.92. The van der Waals surface area contributed by atoms with Gasteiger partial charge >= 0.3 is 0 Å². The summed E-state index contributed by atoms with van der Waals surface area (Å²) >= 11 is 5.16. The van der Waals surface area contributed by atoms with Crippen molar-refractivity contribution >= 4 is 33.4 Å². The van der Waals surface area contributed by atoms with Gasteiger partial charge in [-0.2, -0.15) is 0 Å². The van der Waals surface area contributed by atoms with Crippen molar-refractivity contribution in [2.24, 2.45) is 0 Å².